The normalized spacial score (nSPS) is 11.8. The lowest BCUT2D eigenvalue weighted by Crippen LogP contribution is -2.35. The summed E-state index contributed by atoms with van der Waals surface area (Å²) < 4.78 is 11.1. The minimum Gasteiger partial charge on any atom is -0.493 e. The first-order chi connectivity index (χ1) is 13.9. The number of hydrogen-bond acceptors (Lipinski definition) is 5. The largest absolute Gasteiger partial charge is 0.493 e. The molecule has 0 fully saturated rings. The minimum absolute atomic E-state index is 0.209. The van der Waals surface area contributed by atoms with E-state index in [1.807, 2.05) is 50.2 Å². The summed E-state index contributed by atoms with van der Waals surface area (Å²) in [7, 11) is 1.58. The summed E-state index contributed by atoms with van der Waals surface area (Å²) >= 11 is 7.79. The molecule has 152 valence electrons. The van der Waals surface area contributed by atoms with E-state index in [0.717, 1.165) is 26.7 Å². The Hall–Kier alpha value is -2.57. The highest BCUT2D eigenvalue weighted by atomic mass is 35.5. The van der Waals surface area contributed by atoms with E-state index in [9.17, 15) is 4.79 Å². The van der Waals surface area contributed by atoms with Gasteiger partial charge in [0.15, 0.2) is 17.6 Å². The van der Waals surface area contributed by atoms with Gasteiger partial charge in [0, 0.05) is 10.4 Å². The Morgan fingerprint density at radius 3 is 2.69 bits per heavy atom. The highest BCUT2D eigenvalue weighted by Crippen LogP contribution is 2.33. The first kappa shape index (κ1) is 21.1. The van der Waals surface area contributed by atoms with E-state index < -0.39 is 6.10 Å². The molecular formula is C22H23ClN2O3S. The van der Waals surface area contributed by atoms with Gasteiger partial charge in [0.2, 0.25) is 0 Å². The number of ether oxygens (including phenoxy) is 2. The molecule has 0 aliphatic heterocycles. The van der Waals surface area contributed by atoms with Gasteiger partial charge in [-0.2, -0.15) is 0 Å². The zero-order valence-corrected chi connectivity index (χ0v) is 18.4. The second-order valence-corrected chi connectivity index (χ2v) is 8.13. The molecule has 0 aliphatic carbocycles. The molecule has 2 aromatic carbocycles. The molecule has 5 nitrogen and oxygen atoms in total. The van der Waals surface area contributed by atoms with Gasteiger partial charge in [0.05, 0.1) is 24.4 Å². The molecule has 7 heteroatoms. The molecule has 3 rings (SSSR count). The van der Waals surface area contributed by atoms with Crippen LogP contribution in [-0.2, 0) is 11.3 Å². The van der Waals surface area contributed by atoms with E-state index in [4.69, 9.17) is 21.1 Å². The number of amides is 1. The van der Waals surface area contributed by atoms with Crippen LogP contribution in [0.1, 0.15) is 23.1 Å². The van der Waals surface area contributed by atoms with Crippen LogP contribution in [0.3, 0.4) is 0 Å². The zero-order valence-electron chi connectivity index (χ0n) is 16.8. The van der Waals surface area contributed by atoms with Crippen LogP contribution in [0.5, 0.6) is 11.5 Å². The van der Waals surface area contributed by atoms with Gasteiger partial charge in [-0.05, 0) is 44.5 Å². The van der Waals surface area contributed by atoms with Crippen LogP contribution in [0.25, 0.3) is 10.6 Å². The molecule has 0 saturated carbocycles. The van der Waals surface area contributed by atoms with Gasteiger partial charge in [-0.3, -0.25) is 4.79 Å². The third kappa shape index (κ3) is 5.08. The predicted octanol–water partition coefficient (Wildman–Crippen LogP) is 5.17. The Morgan fingerprint density at radius 2 is 1.97 bits per heavy atom. The second-order valence-electron chi connectivity index (χ2n) is 6.64. The highest BCUT2D eigenvalue weighted by molar-refractivity contribution is 7.15. The Kier molecular flexibility index (Phi) is 6.77. The van der Waals surface area contributed by atoms with Crippen molar-refractivity contribution in [1.29, 1.82) is 0 Å². The molecule has 0 saturated heterocycles. The van der Waals surface area contributed by atoms with Crippen molar-refractivity contribution in [3.63, 3.8) is 0 Å². The molecule has 1 heterocycles. The summed E-state index contributed by atoms with van der Waals surface area (Å²) in [6, 6.07) is 13.2. The number of carbonyl (C=O) groups excluding carboxylic acids is 1. The third-order valence-corrected chi connectivity index (χ3v) is 5.93. The number of thiazole rings is 1. The lowest BCUT2D eigenvalue weighted by molar-refractivity contribution is -0.127. The van der Waals surface area contributed by atoms with E-state index in [2.05, 4.69) is 10.3 Å². The zero-order chi connectivity index (χ0) is 21.0. The van der Waals surface area contributed by atoms with Crippen LogP contribution in [-0.4, -0.2) is 24.1 Å². The van der Waals surface area contributed by atoms with Crippen molar-refractivity contribution in [3.8, 4) is 22.1 Å². The minimum atomic E-state index is -0.664. The van der Waals surface area contributed by atoms with Crippen LogP contribution in [0, 0.1) is 13.8 Å². The van der Waals surface area contributed by atoms with Gasteiger partial charge in [-0.15, -0.1) is 11.3 Å². The average Bonchev–Trinajstić information content (AvgIpc) is 3.08. The van der Waals surface area contributed by atoms with Crippen molar-refractivity contribution in [2.24, 2.45) is 0 Å². The van der Waals surface area contributed by atoms with Crippen LogP contribution in [0.2, 0.25) is 5.02 Å². The summed E-state index contributed by atoms with van der Waals surface area (Å²) in [5, 5.41) is 4.42. The third-order valence-electron chi connectivity index (χ3n) is 4.41. The summed E-state index contributed by atoms with van der Waals surface area (Å²) in [5.74, 6) is 0.933. The maximum atomic E-state index is 12.5. The lowest BCUT2D eigenvalue weighted by Gasteiger charge is -2.17. The predicted molar refractivity (Wildman–Crippen MR) is 117 cm³/mol. The molecule has 0 aliphatic rings. The standard InChI is InChI=1S/C22H23ClN2O3S/c1-13-9-10-18(19(11-13)27-4)28-15(3)21(26)24-12-20-14(2)25-22(29-20)16-7-5-6-8-17(16)23/h5-11,15H,12H2,1-4H3,(H,24,26). The Morgan fingerprint density at radius 1 is 1.21 bits per heavy atom. The molecular weight excluding hydrogens is 408 g/mol. The number of aromatic nitrogens is 1. The van der Waals surface area contributed by atoms with E-state index in [1.54, 1.807) is 20.1 Å². The van der Waals surface area contributed by atoms with E-state index in [1.165, 1.54) is 11.3 Å². The Bertz CT molecular complexity index is 1020. The number of rotatable bonds is 7. The van der Waals surface area contributed by atoms with Gasteiger partial charge in [-0.25, -0.2) is 4.98 Å². The quantitative estimate of drug-likeness (QED) is 0.561. The summed E-state index contributed by atoms with van der Waals surface area (Å²) in [6.07, 6.45) is -0.664. The summed E-state index contributed by atoms with van der Waals surface area (Å²) in [5.41, 5.74) is 2.82. The molecule has 0 radical (unpaired) electrons. The Balaban J connectivity index is 1.64. The maximum absolute atomic E-state index is 12.5. The number of halogens is 1. The fraction of sp³-hybridized carbons (Fsp3) is 0.273. The SMILES string of the molecule is COc1cc(C)ccc1OC(C)C(=O)NCc1sc(-c2ccccc2Cl)nc1C. The van der Waals surface area contributed by atoms with E-state index in [0.29, 0.717) is 23.1 Å². The molecule has 1 atom stereocenters. The molecule has 3 aromatic rings. The molecule has 29 heavy (non-hydrogen) atoms. The lowest BCUT2D eigenvalue weighted by atomic mass is 10.2. The molecule has 0 spiro atoms. The van der Waals surface area contributed by atoms with Gasteiger partial charge in [0.1, 0.15) is 5.01 Å². The highest BCUT2D eigenvalue weighted by Gasteiger charge is 2.18. The first-order valence-corrected chi connectivity index (χ1v) is 10.4. The van der Waals surface area contributed by atoms with Crippen LogP contribution in [0.15, 0.2) is 42.5 Å². The maximum Gasteiger partial charge on any atom is 0.261 e. The van der Waals surface area contributed by atoms with Crippen LogP contribution < -0.4 is 14.8 Å². The summed E-state index contributed by atoms with van der Waals surface area (Å²) in [4.78, 5) is 18.1. The Labute approximate surface area is 179 Å². The van der Waals surface area contributed by atoms with Crippen LogP contribution in [0.4, 0.5) is 0 Å². The van der Waals surface area contributed by atoms with Crippen molar-refractivity contribution in [1.82, 2.24) is 10.3 Å². The molecule has 1 amide bonds. The molecule has 1 aromatic heterocycles. The summed E-state index contributed by atoms with van der Waals surface area (Å²) in [6.45, 7) is 5.99. The van der Waals surface area contributed by atoms with Crippen molar-refractivity contribution in [2.75, 3.05) is 7.11 Å². The molecule has 1 unspecified atom stereocenters. The number of hydrogen-bond donors (Lipinski definition) is 1. The monoisotopic (exact) mass is 430 g/mol. The first-order valence-electron chi connectivity index (χ1n) is 9.19. The fourth-order valence-corrected chi connectivity index (χ4v) is 4.09. The second kappa shape index (κ2) is 9.29. The topological polar surface area (TPSA) is 60.5 Å². The van der Waals surface area contributed by atoms with Crippen LogP contribution >= 0.6 is 22.9 Å². The van der Waals surface area contributed by atoms with Crippen molar-refractivity contribution in [2.45, 2.75) is 33.4 Å². The van der Waals surface area contributed by atoms with Gasteiger partial charge in [-0.1, -0.05) is 35.9 Å². The number of carbonyl (C=O) groups is 1. The van der Waals surface area contributed by atoms with Gasteiger partial charge >= 0.3 is 0 Å². The fourth-order valence-electron chi connectivity index (χ4n) is 2.77. The number of methoxy groups -OCH3 is 1. The average molecular weight is 431 g/mol. The number of aryl methyl sites for hydroxylation is 2. The van der Waals surface area contributed by atoms with Crippen molar-refractivity contribution < 1.29 is 14.3 Å². The van der Waals surface area contributed by atoms with E-state index >= 15 is 0 Å². The van der Waals surface area contributed by atoms with Gasteiger partial charge in [0.25, 0.3) is 5.91 Å². The number of nitrogens with one attached hydrogen (secondary N) is 1. The van der Waals surface area contributed by atoms with Gasteiger partial charge < -0.3 is 14.8 Å². The molecule has 0 bridgehead atoms. The van der Waals surface area contributed by atoms with Crippen molar-refractivity contribution in [3.05, 3.63) is 63.6 Å². The number of benzene rings is 2. The van der Waals surface area contributed by atoms with E-state index in [-0.39, 0.29) is 5.91 Å². The molecule has 1 N–H and O–H groups in total. The number of nitrogens with zero attached hydrogens (tertiary/aromatic N) is 1. The van der Waals surface area contributed by atoms with Crippen molar-refractivity contribution >= 4 is 28.8 Å². The smallest absolute Gasteiger partial charge is 0.261 e.